The molecule has 0 radical (unpaired) electrons. The van der Waals surface area contributed by atoms with E-state index < -0.39 is 28.6 Å². The largest absolute Gasteiger partial charge is 0.480 e. The average Bonchev–Trinajstić information content (AvgIpc) is 3.09. The zero-order chi connectivity index (χ0) is 19.3. The van der Waals surface area contributed by atoms with Crippen molar-refractivity contribution in [1.29, 1.82) is 0 Å². The third kappa shape index (κ3) is 4.92. The van der Waals surface area contributed by atoms with Gasteiger partial charge in [-0.15, -0.1) is 11.3 Å². The Kier molecular flexibility index (Phi) is 6.52. The summed E-state index contributed by atoms with van der Waals surface area (Å²) in [5.41, 5.74) is -0.914. The molecule has 0 aliphatic heterocycles. The molecule has 2 rings (SSSR count). The van der Waals surface area contributed by atoms with Gasteiger partial charge < -0.3 is 15.7 Å². The van der Waals surface area contributed by atoms with Crippen LogP contribution < -0.4 is 16.2 Å². The van der Waals surface area contributed by atoms with E-state index >= 15 is 0 Å². The van der Waals surface area contributed by atoms with E-state index in [0.29, 0.717) is 11.3 Å². The number of nitrogens with one attached hydrogen (secondary N) is 3. The van der Waals surface area contributed by atoms with Crippen molar-refractivity contribution < 1.29 is 19.5 Å². The van der Waals surface area contributed by atoms with Crippen molar-refractivity contribution >= 4 is 52.4 Å². The highest BCUT2D eigenvalue weighted by Gasteiger charge is 2.21. The molecule has 0 saturated heterocycles. The molecule has 0 saturated carbocycles. The van der Waals surface area contributed by atoms with Crippen molar-refractivity contribution in [2.45, 2.75) is 30.7 Å². The molecule has 0 aromatic carbocycles. The Morgan fingerprint density at radius 2 is 2.12 bits per heavy atom. The number of hydrogen-bond acceptors (Lipinski definition) is 7. The van der Waals surface area contributed by atoms with Gasteiger partial charge in [0.1, 0.15) is 5.25 Å². The van der Waals surface area contributed by atoms with Crippen molar-refractivity contribution in [2.24, 2.45) is 0 Å². The monoisotopic (exact) mass is 396 g/mol. The number of carboxylic acids is 1. The van der Waals surface area contributed by atoms with Crippen molar-refractivity contribution in [1.82, 2.24) is 9.97 Å². The van der Waals surface area contributed by atoms with E-state index in [1.165, 1.54) is 18.3 Å². The first-order valence-corrected chi connectivity index (χ1v) is 9.24. The van der Waals surface area contributed by atoms with Gasteiger partial charge >= 0.3 is 5.97 Å². The first kappa shape index (κ1) is 19.7. The van der Waals surface area contributed by atoms with Crippen molar-refractivity contribution in [3.05, 3.63) is 32.7 Å². The van der Waals surface area contributed by atoms with Gasteiger partial charge in [0, 0.05) is 6.92 Å². The van der Waals surface area contributed by atoms with Crippen LogP contribution in [0.1, 0.15) is 29.9 Å². The molecule has 0 aliphatic rings. The van der Waals surface area contributed by atoms with E-state index in [1.807, 2.05) is 0 Å². The SMILES string of the molecule is CCC(Sc1nc(NC(C)=O)c(NC(=O)c2cccs2)c(=O)[nH]1)C(=O)O. The maximum Gasteiger partial charge on any atom is 0.317 e. The number of carboxylic acid groups (broad SMARTS) is 1. The molecular weight excluding hydrogens is 380 g/mol. The molecule has 11 heteroatoms. The van der Waals surface area contributed by atoms with Gasteiger partial charge in [0.15, 0.2) is 16.7 Å². The molecule has 2 amide bonds. The number of rotatable bonds is 7. The Morgan fingerprint density at radius 1 is 1.38 bits per heavy atom. The normalized spacial score (nSPS) is 11.6. The molecule has 0 aliphatic carbocycles. The zero-order valence-corrected chi connectivity index (χ0v) is 15.5. The van der Waals surface area contributed by atoms with Crippen LogP contribution >= 0.6 is 23.1 Å². The summed E-state index contributed by atoms with van der Waals surface area (Å²) in [6.07, 6.45) is 0.316. The number of H-pyrrole nitrogens is 1. The second kappa shape index (κ2) is 8.63. The summed E-state index contributed by atoms with van der Waals surface area (Å²) < 4.78 is 0. The first-order valence-electron chi connectivity index (χ1n) is 7.48. The number of aromatic nitrogens is 2. The van der Waals surface area contributed by atoms with Crippen LogP contribution in [0.5, 0.6) is 0 Å². The molecule has 0 bridgehead atoms. The molecular formula is C15H16N4O5S2. The van der Waals surface area contributed by atoms with Gasteiger partial charge in [0.25, 0.3) is 11.5 Å². The van der Waals surface area contributed by atoms with Gasteiger partial charge in [-0.25, -0.2) is 4.98 Å². The predicted molar refractivity (Wildman–Crippen MR) is 99.0 cm³/mol. The van der Waals surface area contributed by atoms with Crippen molar-refractivity contribution in [3.8, 4) is 0 Å². The third-order valence-electron chi connectivity index (χ3n) is 3.08. The Labute approximate surface area is 156 Å². The number of thioether (sulfide) groups is 1. The number of aliphatic carboxylic acids is 1. The Bertz CT molecular complexity index is 879. The number of aromatic amines is 1. The molecule has 2 heterocycles. The fraction of sp³-hybridized carbons (Fsp3) is 0.267. The third-order valence-corrected chi connectivity index (χ3v) is 5.18. The first-order chi connectivity index (χ1) is 12.3. The summed E-state index contributed by atoms with van der Waals surface area (Å²) in [4.78, 5) is 54.0. The van der Waals surface area contributed by atoms with Gasteiger partial charge in [-0.3, -0.25) is 24.2 Å². The van der Waals surface area contributed by atoms with E-state index in [1.54, 1.807) is 24.4 Å². The number of amides is 2. The quantitative estimate of drug-likeness (QED) is 0.414. The Morgan fingerprint density at radius 3 is 2.65 bits per heavy atom. The standard InChI is InChI=1S/C15H16N4O5S2/c1-3-8(14(23)24)26-15-18-11(16-7(2)20)10(13(22)19-15)17-12(21)9-5-4-6-25-9/h4-6,8H,3H2,1-2H3,(H,17,21)(H,23,24)(H2,16,18,19,20,22). The lowest BCUT2D eigenvalue weighted by atomic mass is 10.3. The molecule has 0 fully saturated rings. The van der Waals surface area contributed by atoms with Crippen LogP contribution in [-0.2, 0) is 9.59 Å². The van der Waals surface area contributed by atoms with Gasteiger partial charge in [-0.05, 0) is 17.9 Å². The maximum atomic E-state index is 12.4. The minimum Gasteiger partial charge on any atom is -0.480 e. The highest BCUT2D eigenvalue weighted by molar-refractivity contribution is 8.00. The van der Waals surface area contributed by atoms with Crippen LogP contribution in [0.2, 0.25) is 0 Å². The van der Waals surface area contributed by atoms with E-state index in [2.05, 4.69) is 20.6 Å². The smallest absolute Gasteiger partial charge is 0.317 e. The van der Waals surface area contributed by atoms with Crippen LogP contribution in [0.3, 0.4) is 0 Å². The number of carbonyl (C=O) groups is 3. The predicted octanol–water partition coefficient (Wildman–Crippen LogP) is 2.00. The molecule has 138 valence electrons. The van der Waals surface area contributed by atoms with E-state index in [0.717, 1.165) is 11.8 Å². The molecule has 26 heavy (non-hydrogen) atoms. The van der Waals surface area contributed by atoms with E-state index in [9.17, 15) is 19.2 Å². The van der Waals surface area contributed by atoms with Crippen LogP contribution in [0.4, 0.5) is 11.5 Å². The number of thiophene rings is 1. The summed E-state index contributed by atoms with van der Waals surface area (Å²) in [6, 6.07) is 3.27. The summed E-state index contributed by atoms with van der Waals surface area (Å²) in [5, 5.41) is 14.9. The number of carbonyl (C=O) groups excluding carboxylic acids is 2. The van der Waals surface area contributed by atoms with Crippen LogP contribution in [0.25, 0.3) is 0 Å². The fourth-order valence-corrected chi connectivity index (χ4v) is 3.36. The average molecular weight is 396 g/mol. The lowest BCUT2D eigenvalue weighted by Crippen LogP contribution is -2.25. The topological polar surface area (TPSA) is 141 Å². The van der Waals surface area contributed by atoms with Crippen LogP contribution in [0, 0.1) is 0 Å². The number of nitrogens with zero attached hydrogens (tertiary/aromatic N) is 1. The van der Waals surface area contributed by atoms with E-state index in [4.69, 9.17) is 5.11 Å². The van der Waals surface area contributed by atoms with Gasteiger partial charge in [0.05, 0.1) is 4.88 Å². The second-order valence-electron chi connectivity index (χ2n) is 5.06. The van der Waals surface area contributed by atoms with Crippen LogP contribution in [-0.4, -0.2) is 38.1 Å². The highest BCUT2D eigenvalue weighted by atomic mass is 32.2. The van der Waals surface area contributed by atoms with Crippen molar-refractivity contribution in [3.63, 3.8) is 0 Å². The molecule has 1 atom stereocenters. The van der Waals surface area contributed by atoms with Crippen molar-refractivity contribution in [2.75, 3.05) is 10.6 Å². The molecule has 2 aromatic rings. The summed E-state index contributed by atoms with van der Waals surface area (Å²) in [5.74, 6) is -2.20. The molecule has 9 nitrogen and oxygen atoms in total. The van der Waals surface area contributed by atoms with Gasteiger partial charge in [-0.1, -0.05) is 24.8 Å². The molecule has 1 unspecified atom stereocenters. The minimum absolute atomic E-state index is 0.0297. The van der Waals surface area contributed by atoms with Gasteiger partial charge in [0.2, 0.25) is 5.91 Å². The van der Waals surface area contributed by atoms with Gasteiger partial charge in [-0.2, -0.15) is 0 Å². The molecule has 0 spiro atoms. The Balaban J connectivity index is 2.38. The second-order valence-corrected chi connectivity index (χ2v) is 7.20. The van der Waals surface area contributed by atoms with E-state index in [-0.39, 0.29) is 16.7 Å². The minimum atomic E-state index is -1.05. The molecule has 4 N–H and O–H groups in total. The summed E-state index contributed by atoms with van der Waals surface area (Å²) in [7, 11) is 0. The summed E-state index contributed by atoms with van der Waals surface area (Å²) in [6.45, 7) is 2.92. The number of hydrogen-bond donors (Lipinski definition) is 4. The fourth-order valence-electron chi connectivity index (χ4n) is 1.91. The summed E-state index contributed by atoms with van der Waals surface area (Å²) >= 11 is 2.04. The van der Waals surface area contributed by atoms with Crippen LogP contribution in [0.15, 0.2) is 27.5 Å². The number of anilines is 2. The maximum absolute atomic E-state index is 12.4. The highest BCUT2D eigenvalue weighted by Crippen LogP contribution is 2.25. The Hall–Kier alpha value is -2.66. The lowest BCUT2D eigenvalue weighted by Gasteiger charge is -2.13. The lowest BCUT2D eigenvalue weighted by molar-refractivity contribution is -0.136. The molecule has 2 aromatic heterocycles. The zero-order valence-electron chi connectivity index (χ0n) is 13.9.